The summed E-state index contributed by atoms with van der Waals surface area (Å²) in [7, 11) is 0. The van der Waals surface area contributed by atoms with Crippen molar-refractivity contribution >= 4 is 5.91 Å². The molecule has 0 aromatic carbocycles. The minimum absolute atomic E-state index is 0.218. The van der Waals surface area contributed by atoms with Gasteiger partial charge in [0.15, 0.2) is 0 Å². The van der Waals surface area contributed by atoms with Crippen molar-refractivity contribution < 1.29 is 4.79 Å². The Hall–Kier alpha value is -1.36. The third kappa shape index (κ3) is 4.44. The zero-order valence-corrected chi connectivity index (χ0v) is 9.78. The molecule has 0 aliphatic carbocycles. The maximum Gasteiger partial charge on any atom is 0.217 e. The first kappa shape index (κ1) is 12.7. The SMILES string of the molecule is CCn1nccc1CNCCCCC(N)=O. The number of amides is 1. The number of hydrogen-bond donors (Lipinski definition) is 2. The number of nitrogens with one attached hydrogen (secondary N) is 1. The number of aryl methyl sites for hydroxylation is 1. The van der Waals surface area contributed by atoms with Crippen molar-refractivity contribution in [2.45, 2.75) is 39.3 Å². The third-order valence-corrected chi connectivity index (χ3v) is 2.44. The van der Waals surface area contributed by atoms with Gasteiger partial charge in [-0.05, 0) is 32.4 Å². The van der Waals surface area contributed by atoms with Crippen molar-refractivity contribution in [2.24, 2.45) is 5.73 Å². The quantitative estimate of drug-likeness (QED) is 0.637. The second kappa shape index (κ2) is 7.00. The lowest BCUT2D eigenvalue weighted by molar-refractivity contribution is -0.118. The lowest BCUT2D eigenvalue weighted by Crippen LogP contribution is -2.18. The number of nitrogens with two attached hydrogens (primary N) is 1. The molecule has 5 heteroatoms. The molecule has 3 N–H and O–H groups in total. The Balaban J connectivity index is 2.09. The smallest absolute Gasteiger partial charge is 0.217 e. The number of carbonyl (C=O) groups excluding carboxylic acids is 1. The molecular formula is C11H20N4O. The largest absolute Gasteiger partial charge is 0.370 e. The fourth-order valence-corrected chi connectivity index (χ4v) is 1.56. The van der Waals surface area contributed by atoms with Gasteiger partial charge in [-0.3, -0.25) is 9.48 Å². The van der Waals surface area contributed by atoms with E-state index in [1.165, 1.54) is 5.69 Å². The maximum absolute atomic E-state index is 10.5. The summed E-state index contributed by atoms with van der Waals surface area (Å²) in [5.41, 5.74) is 6.24. The number of primary amides is 1. The maximum atomic E-state index is 10.5. The molecule has 16 heavy (non-hydrogen) atoms. The highest BCUT2D eigenvalue weighted by atomic mass is 16.1. The van der Waals surface area contributed by atoms with Gasteiger partial charge < -0.3 is 11.1 Å². The van der Waals surface area contributed by atoms with Crippen molar-refractivity contribution in [1.29, 1.82) is 0 Å². The summed E-state index contributed by atoms with van der Waals surface area (Å²) >= 11 is 0. The molecule has 1 aromatic heterocycles. The predicted octanol–water partition coefficient (Wildman–Crippen LogP) is 0.648. The van der Waals surface area contributed by atoms with Gasteiger partial charge in [-0.25, -0.2) is 0 Å². The first-order valence-electron chi connectivity index (χ1n) is 5.73. The van der Waals surface area contributed by atoms with Gasteiger partial charge in [-0.15, -0.1) is 0 Å². The minimum atomic E-state index is -0.218. The van der Waals surface area contributed by atoms with E-state index in [1.54, 1.807) is 0 Å². The average Bonchev–Trinajstić information content (AvgIpc) is 2.70. The van der Waals surface area contributed by atoms with Crippen molar-refractivity contribution in [2.75, 3.05) is 6.54 Å². The predicted molar refractivity (Wildman–Crippen MR) is 62.7 cm³/mol. The van der Waals surface area contributed by atoms with Gasteiger partial charge in [0.2, 0.25) is 5.91 Å². The van der Waals surface area contributed by atoms with Gasteiger partial charge in [0.1, 0.15) is 0 Å². The monoisotopic (exact) mass is 224 g/mol. The van der Waals surface area contributed by atoms with Crippen molar-refractivity contribution in [3.05, 3.63) is 18.0 Å². The molecule has 1 heterocycles. The van der Waals surface area contributed by atoms with Gasteiger partial charge in [-0.1, -0.05) is 0 Å². The van der Waals surface area contributed by atoms with Crippen LogP contribution in [0.15, 0.2) is 12.3 Å². The molecule has 0 unspecified atom stereocenters. The zero-order valence-electron chi connectivity index (χ0n) is 9.78. The molecule has 90 valence electrons. The van der Waals surface area contributed by atoms with Gasteiger partial charge >= 0.3 is 0 Å². The number of hydrogen-bond acceptors (Lipinski definition) is 3. The van der Waals surface area contributed by atoms with E-state index in [2.05, 4.69) is 17.3 Å². The van der Waals surface area contributed by atoms with Crippen LogP contribution in [0.3, 0.4) is 0 Å². The van der Waals surface area contributed by atoms with Gasteiger partial charge in [0.05, 0.1) is 5.69 Å². The molecule has 0 spiro atoms. The van der Waals surface area contributed by atoms with Crippen LogP contribution in [0.5, 0.6) is 0 Å². The lowest BCUT2D eigenvalue weighted by Gasteiger charge is -2.06. The molecule has 0 aliphatic heterocycles. The molecule has 1 aromatic rings. The Kier molecular flexibility index (Phi) is 5.56. The summed E-state index contributed by atoms with van der Waals surface area (Å²) in [5.74, 6) is -0.218. The van der Waals surface area contributed by atoms with Crippen molar-refractivity contribution in [3.63, 3.8) is 0 Å². The van der Waals surface area contributed by atoms with Gasteiger partial charge in [0, 0.05) is 25.7 Å². The second-order valence-electron chi connectivity index (χ2n) is 3.74. The number of unbranched alkanes of at least 4 members (excludes halogenated alkanes) is 1. The summed E-state index contributed by atoms with van der Waals surface area (Å²) in [4.78, 5) is 10.5. The third-order valence-electron chi connectivity index (χ3n) is 2.44. The average molecular weight is 224 g/mol. The molecule has 0 saturated heterocycles. The lowest BCUT2D eigenvalue weighted by atomic mass is 10.2. The molecule has 1 rings (SSSR count). The van der Waals surface area contributed by atoms with Crippen LogP contribution < -0.4 is 11.1 Å². The van der Waals surface area contributed by atoms with Crippen LogP contribution in [0.2, 0.25) is 0 Å². The molecule has 5 nitrogen and oxygen atoms in total. The number of aromatic nitrogens is 2. The minimum Gasteiger partial charge on any atom is -0.370 e. The van der Waals surface area contributed by atoms with E-state index in [-0.39, 0.29) is 5.91 Å². The summed E-state index contributed by atoms with van der Waals surface area (Å²) in [6, 6.07) is 2.01. The Labute approximate surface area is 96.0 Å². The zero-order chi connectivity index (χ0) is 11.8. The van der Waals surface area contributed by atoms with E-state index in [1.807, 2.05) is 16.9 Å². The molecule has 1 amide bonds. The van der Waals surface area contributed by atoms with Gasteiger partial charge in [0.25, 0.3) is 0 Å². The van der Waals surface area contributed by atoms with E-state index in [9.17, 15) is 4.79 Å². The molecule has 0 atom stereocenters. The Bertz CT molecular complexity index is 322. The van der Waals surface area contributed by atoms with E-state index >= 15 is 0 Å². The van der Waals surface area contributed by atoms with E-state index in [4.69, 9.17) is 5.73 Å². The standard InChI is InChI=1S/C11H20N4O/c1-2-15-10(6-8-14-15)9-13-7-4-3-5-11(12)16/h6,8,13H,2-5,7,9H2,1H3,(H2,12,16). The van der Waals surface area contributed by atoms with E-state index in [0.717, 1.165) is 32.5 Å². The molecule has 0 saturated carbocycles. The Morgan fingerprint density at radius 1 is 1.56 bits per heavy atom. The molecular weight excluding hydrogens is 204 g/mol. The highest BCUT2D eigenvalue weighted by Gasteiger charge is 1.99. The van der Waals surface area contributed by atoms with Crippen LogP contribution in [0.25, 0.3) is 0 Å². The van der Waals surface area contributed by atoms with Crippen LogP contribution in [0.1, 0.15) is 31.9 Å². The fourth-order valence-electron chi connectivity index (χ4n) is 1.56. The first-order valence-corrected chi connectivity index (χ1v) is 5.73. The van der Waals surface area contributed by atoms with Crippen LogP contribution >= 0.6 is 0 Å². The van der Waals surface area contributed by atoms with Crippen LogP contribution in [-0.2, 0) is 17.9 Å². The number of rotatable bonds is 8. The van der Waals surface area contributed by atoms with Crippen LogP contribution in [-0.4, -0.2) is 22.2 Å². The first-order chi connectivity index (χ1) is 7.74. The molecule has 0 fully saturated rings. The molecule has 0 bridgehead atoms. The summed E-state index contributed by atoms with van der Waals surface area (Å²) < 4.78 is 1.97. The highest BCUT2D eigenvalue weighted by Crippen LogP contribution is 1.98. The summed E-state index contributed by atoms with van der Waals surface area (Å²) in [5, 5.41) is 7.51. The van der Waals surface area contributed by atoms with Crippen molar-refractivity contribution in [3.8, 4) is 0 Å². The number of nitrogens with zero attached hydrogens (tertiary/aromatic N) is 2. The van der Waals surface area contributed by atoms with Gasteiger partial charge in [-0.2, -0.15) is 5.10 Å². The second-order valence-corrected chi connectivity index (χ2v) is 3.74. The van der Waals surface area contributed by atoms with Crippen LogP contribution in [0.4, 0.5) is 0 Å². The summed E-state index contributed by atoms with van der Waals surface area (Å²) in [6.07, 6.45) is 4.13. The normalized spacial score (nSPS) is 10.6. The molecule has 0 aliphatic rings. The molecule has 0 radical (unpaired) electrons. The fraction of sp³-hybridized carbons (Fsp3) is 0.636. The Morgan fingerprint density at radius 2 is 2.38 bits per heavy atom. The van der Waals surface area contributed by atoms with E-state index < -0.39 is 0 Å². The van der Waals surface area contributed by atoms with Crippen molar-refractivity contribution in [1.82, 2.24) is 15.1 Å². The number of carbonyl (C=O) groups is 1. The van der Waals surface area contributed by atoms with Crippen LogP contribution in [0, 0.1) is 0 Å². The summed E-state index contributed by atoms with van der Waals surface area (Å²) in [6.45, 7) is 4.70. The highest BCUT2D eigenvalue weighted by molar-refractivity contribution is 5.73. The Morgan fingerprint density at radius 3 is 3.06 bits per heavy atom. The topological polar surface area (TPSA) is 72.9 Å². The van der Waals surface area contributed by atoms with E-state index in [0.29, 0.717) is 6.42 Å².